The summed E-state index contributed by atoms with van der Waals surface area (Å²) in [5.41, 5.74) is 0.987. The molecule has 1 unspecified atom stereocenters. The Balaban J connectivity index is 1.86. The van der Waals surface area contributed by atoms with Crippen LogP contribution in [-0.4, -0.2) is 32.5 Å². The van der Waals surface area contributed by atoms with Gasteiger partial charge in [-0.25, -0.2) is 4.68 Å². The highest BCUT2D eigenvalue weighted by molar-refractivity contribution is 7.99. The minimum absolute atomic E-state index is 0.741. The molecule has 1 heterocycles. The third kappa shape index (κ3) is 7.00. The van der Waals surface area contributed by atoms with Gasteiger partial charge in [0.1, 0.15) is 12.1 Å². The van der Waals surface area contributed by atoms with E-state index in [4.69, 9.17) is 17.0 Å². The summed E-state index contributed by atoms with van der Waals surface area (Å²) in [5, 5.41) is 5.30. The van der Waals surface area contributed by atoms with Crippen LogP contribution in [0.2, 0.25) is 0 Å². The Morgan fingerprint density at radius 3 is 2.63 bits per heavy atom. The molecule has 1 aromatic carbocycles. The number of nitrogens with zero attached hydrogens (tertiary/aromatic N) is 3. The molecule has 0 aliphatic heterocycles. The molecule has 0 saturated heterocycles. The van der Waals surface area contributed by atoms with Crippen LogP contribution in [-0.2, 0) is 6.54 Å². The minimum atomic E-state index is 0.741. The molecule has 6 heteroatoms. The van der Waals surface area contributed by atoms with Crippen LogP contribution in [0, 0.1) is 4.77 Å². The van der Waals surface area contributed by atoms with Crippen molar-refractivity contribution in [3.8, 4) is 11.4 Å². The number of aromatic nitrogens is 3. The lowest BCUT2D eigenvalue weighted by atomic mass is 10.1. The zero-order chi connectivity index (χ0) is 19.5. The van der Waals surface area contributed by atoms with E-state index in [0.29, 0.717) is 0 Å². The second-order valence-corrected chi connectivity index (χ2v) is 8.72. The molecule has 1 aromatic heterocycles. The lowest BCUT2D eigenvalue weighted by molar-refractivity contribution is 0.414. The summed E-state index contributed by atoms with van der Waals surface area (Å²) in [6.45, 7) is 5.42. The van der Waals surface area contributed by atoms with E-state index in [1.54, 1.807) is 13.4 Å². The monoisotopic (exact) mass is 407 g/mol. The van der Waals surface area contributed by atoms with Crippen LogP contribution >= 0.6 is 24.0 Å². The summed E-state index contributed by atoms with van der Waals surface area (Å²) in [6, 6.07) is 7.90. The van der Waals surface area contributed by atoms with E-state index >= 15 is 0 Å². The lowest BCUT2D eigenvalue weighted by Gasteiger charge is -2.15. The molecular weight excluding hydrogens is 374 g/mol. The summed E-state index contributed by atoms with van der Waals surface area (Å²) in [5.74, 6) is 2.04. The Morgan fingerprint density at radius 2 is 1.93 bits per heavy atom. The standard InChI is InChI=1S/C21H33N3OS2/c1-4-6-7-13-20(27-5-2)14-8-9-15-24-21(26)23(17-22-24)18-11-10-12-19(16-18)25-3/h10-12,16-17,20H,4-9,13-15H2,1-3H3. The number of aryl methyl sites for hydroxylation is 1. The second-order valence-electron chi connectivity index (χ2n) is 6.78. The van der Waals surface area contributed by atoms with E-state index in [-0.39, 0.29) is 0 Å². The maximum Gasteiger partial charge on any atom is 0.202 e. The highest BCUT2D eigenvalue weighted by Crippen LogP contribution is 2.23. The highest BCUT2D eigenvalue weighted by atomic mass is 32.2. The topological polar surface area (TPSA) is 32.0 Å². The largest absolute Gasteiger partial charge is 0.497 e. The van der Waals surface area contributed by atoms with Crippen LogP contribution in [0.4, 0.5) is 0 Å². The zero-order valence-corrected chi connectivity index (χ0v) is 18.5. The summed E-state index contributed by atoms with van der Waals surface area (Å²) >= 11 is 7.74. The van der Waals surface area contributed by atoms with Crippen LogP contribution in [0.25, 0.3) is 5.69 Å². The predicted molar refractivity (Wildman–Crippen MR) is 119 cm³/mol. The molecule has 0 aliphatic rings. The predicted octanol–water partition coefficient (Wildman–Crippen LogP) is 6.28. The first kappa shape index (κ1) is 22.0. The maximum atomic E-state index is 5.62. The fraction of sp³-hybridized carbons (Fsp3) is 0.619. The van der Waals surface area contributed by atoms with Crippen molar-refractivity contribution in [1.29, 1.82) is 0 Å². The van der Waals surface area contributed by atoms with E-state index in [0.717, 1.165) is 34.4 Å². The fourth-order valence-corrected chi connectivity index (χ4v) is 4.66. The Kier molecular flexibility index (Phi) is 9.98. The summed E-state index contributed by atoms with van der Waals surface area (Å²) < 4.78 is 9.93. The molecule has 2 aromatic rings. The van der Waals surface area contributed by atoms with Crippen molar-refractivity contribution in [2.75, 3.05) is 12.9 Å². The molecule has 0 fully saturated rings. The molecule has 0 bridgehead atoms. The van der Waals surface area contributed by atoms with Crippen LogP contribution in [0.1, 0.15) is 58.8 Å². The molecule has 0 amide bonds. The first-order valence-electron chi connectivity index (χ1n) is 10.1. The van der Waals surface area contributed by atoms with Crippen LogP contribution < -0.4 is 4.74 Å². The van der Waals surface area contributed by atoms with E-state index < -0.39 is 0 Å². The number of rotatable bonds is 13. The van der Waals surface area contributed by atoms with Gasteiger partial charge in [0.05, 0.1) is 12.8 Å². The Morgan fingerprint density at radius 1 is 1.15 bits per heavy atom. The van der Waals surface area contributed by atoms with Gasteiger partial charge in [-0.3, -0.25) is 4.57 Å². The maximum absolute atomic E-state index is 5.62. The van der Waals surface area contributed by atoms with Crippen LogP contribution in [0.15, 0.2) is 30.6 Å². The summed E-state index contributed by atoms with van der Waals surface area (Å²) in [4.78, 5) is 0. The second kappa shape index (κ2) is 12.2. The molecule has 4 nitrogen and oxygen atoms in total. The van der Waals surface area contributed by atoms with Gasteiger partial charge >= 0.3 is 0 Å². The number of unbranched alkanes of at least 4 members (excludes halogenated alkanes) is 3. The van der Waals surface area contributed by atoms with Crippen molar-refractivity contribution in [3.63, 3.8) is 0 Å². The van der Waals surface area contributed by atoms with Gasteiger partial charge in [0, 0.05) is 17.9 Å². The Hall–Kier alpha value is -1.27. The van der Waals surface area contributed by atoms with Gasteiger partial charge in [0.2, 0.25) is 4.77 Å². The fourth-order valence-electron chi connectivity index (χ4n) is 3.23. The lowest BCUT2D eigenvalue weighted by Crippen LogP contribution is -2.06. The molecule has 0 radical (unpaired) electrons. The summed E-state index contributed by atoms with van der Waals surface area (Å²) in [7, 11) is 1.67. The van der Waals surface area contributed by atoms with Crippen molar-refractivity contribution < 1.29 is 4.74 Å². The van der Waals surface area contributed by atoms with Crippen molar-refractivity contribution in [3.05, 3.63) is 35.4 Å². The quantitative estimate of drug-likeness (QED) is 0.289. The van der Waals surface area contributed by atoms with Gasteiger partial charge < -0.3 is 4.74 Å². The molecule has 0 N–H and O–H groups in total. The van der Waals surface area contributed by atoms with Crippen molar-refractivity contribution in [1.82, 2.24) is 14.3 Å². The van der Waals surface area contributed by atoms with E-state index in [2.05, 4.69) is 30.7 Å². The normalized spacial score (nSPS) is 12.3. The van der Waals surface area contributed by atoms with Crippen molar-refractivity contribution >= 4 is 24.0 Å². The first-order chi connectivity index (χ1) is 13.2. The average Bonchev–Trinajstić information content (AvgIpc) is 3.06. The zero-order valence-electron chi connectivity index (χ0n) is 16.9. The SMILES string of the molecule is CCCCCC(CCCCn1ncn(-c2cccc(OC)c2)c1=S)SCC. The van der Waals surface area contributed by atoms with Gasteiger partial charge in [-0.1, -0.05) is 45.6 Å². The van der Waals surface area contributed by atoms with Gasteiger partial charge in [0.15, 0.2) is 0 Å². The van der Waals surface area contributed by atoms with E-state index in [9.17, 15) is 0 Å². The van der Waals surface area contributed by atoms with E-state index in [1.165, 1.54) is 44.3 Å². The molecule has 1 atom stereocenters. The molecule has 0 spiro atoms. The average molecular weight is 408 g/mol. The molecule has 0 aliphatic carbocycles. The number of hydrogen-bond acceptors (Lipinski definition) is 4. The molecule has 0 saturated carbocycles. The number of methoxy groups -OCH3 is 1. The minimum Gasteiger partial charge on any atom is -0.497 e. The number of thioether (sulfide) groups is 1. The van der Waals surface area contributed by atoms with Crippen LogP contribution in [0.5, 0.6) is 5.75 Å². The van der Waals surface area contributed by atoms with Crippen molar-refractivity contribution in [2.45, 2.75) is 70.6 Å². The third-order valence-corrected chi connectivity index (χ3v) is 6.43. The third-order valence-electron chi connectivity index (χ3n) is 4.74. The number of ether oxygens (including phenoxy) is 1. The van der Waals surface area contributed by atoms with Gasteiger partial charge in [-0.15, -0.1) is 0 Å². The van der Waals surface area contributed by atoms with E-state index in [1.807, 2.05) is 33.5 Å². The molecular formula is C21H33N3OS2. The highest BCUT2D eigenvalue weighted by Gasteiger charge is 2.09. The smallest absolute Gasteiger partial charge is 0.202 e. The van der Waals surface area contributed by atoms with Crippen molar-refractivity contribution in [2.24, 2.45) is 0 Å². The first-order valence-corrected chi connectivity index (χ1v) is 11.6. The molecule has 2 rings (SSSR count). The van der Waals surface area contributed by atoms with Gasteiger partial charge in [-0.05, 0) is 49.4 Å². The Bertz CT molecular complexity index is 726. The molecule has 150 valence electrons. The number of hydrogen-bond donors (Lipinski definition) is 0. The van der Waals surface area contributed by atoms with Crippen LogP contribution in [0.3, 0.4) is 0 Å². The van der Waals surface area contributed by atoms with Gasteiger partial charge in [-0.2, -0.15) is 16.9 Å². The Labute approximate surface area is 173 Å². The number of benzene rings is 1. The van der Waals surface area contributed by atoms with Gasteiger partial charge in [0.25, 0.3) is 0 Å². The molecule has 27 heavy (non-hydrogen) atoms. The summed E-state index contributed by atoms with van der Waals surface area (Å²) in [6.07, 6.45) is 10.8.